The lowest BCUT2D eigenvalue weighted by molar-refractivity contribution is 0.0947. The lowest BCUT2D eigenvalue weighted by Gasteiger charge is -2.09. The lowest BCUT2D eigenvalue weighted by Crippen LogP contribution is -2.26. The van der Waals surface area contributed by atoms with E-state index in [1.807, 2.05) is 0 Å². The number of aromatic hydroxyl groups is 1. The van der Waals surface area contributed by atoms with Crippen molar-refractivity contribution in [3.05, 3.63) is 28.2 Å². The minimum atomic E-state index is -0.243. The van der Waals surface area contributed by atoms with Gasteiger partial charge in [0, 0.05) is 24.2 Å². The highest BCUT2D eigenvalue weighted by molar-refractivity contribution is 9.10. The molecule has 1 heterocycles. The molecule has 1 amide bonds. The lowest BCUT2D eigenvalue weighted by atomic mass is 10.1. The molecule has 1 atom stereocenters. The zero-order valence-corrected chi connectivity index (χ0v) is 11.6. The standard InChI is InChI=1S/C13H16BrNO3/c14-10-1-2-12(16)11(7-10)13(17)15-5-3-9-4-6-18-8-9/h1-2,7,9,16H,3-6,8H2,(H,15,17). The Bertz CT molecular complexity index is 430. The van der Waals surface area contributed by atoms with Gasteiger partial charge < -0.3 is 15.2 Å². The van der Waals surface area contributed by atoms with Gasteiger partial charge in [-0.1, -0.05) is 15.9 Å². The van der Waals surface area contributed by atoms with Crippen LogP contribution in [0.3, 0.4) is 0 Å². The summed E-state index contributed by atoms with van der Waals surface area (Å²) in [5.41, 5.74) is 0.298. The van der Waals surface area contributed by atoms with E-state index in [4.69, 9.17) is 4.74 Å². The molecule has 1 aliphatic heterocycles. The number of halogens is 1. The van der Waals surface area contributed by atoms with E-state index in [1.54, 1.807) is 12.1 Å². The van der Waals surface area contributed by atoms with Crippen molar-refractivity contribution in [1.82, 2.24) is 5.32 Å². The SMILES string of the molecule is O=C(NCCC1CCOC1)c1cc(Br)ccc1O. The van der Waals surface area contributed by atoms with Crippen LogP contribution in [0.5, 0.6) is 5.75 Å². The van der Waals surface area contributed by atoms with E-state index in [0.29, 0.717) is 18.0 Å². The molecular formula is C13H16BrNO3. The first-order chi connectivity index (χ1) is 8.66. The Hall–Kier alpha value is -1.07. The van der Waals surface area contributed by atoms with E-state index >= 15 is 0 Å². The van der Waals surface area contributed by atoms with Crippen LogP contribution in [0.25, 0.3) is 0 Å². The summed E-state index contributed by atoms with van der Waals surface area (Å²) in [4.78, 5) is 11.9. The Morgan fingerprint density at radius 2 is 2.39 bits per heavy atom. The van der Waals surface area contributed by atoms with Crippen molar-refractivity contribution in [2.45, 2.75) is 12.8 Å². The number of nitrogens with one attached hydrogen (secondary N) is 1. The predicted octanol–water partition coefficient (Wildman–Crippen LogP) is 2.31. The molecule has 0 aromatic heterocycles. The van der Waals surface area contributed by atoms with Crippen molar-refractivity contribution in [3.63, 3.8) is 0 Å². The van der Waals surface area contributed by atoms with Gasteiger partial charge in [0.05, 0.1) is 5.56 Å². The first-order valence-electron chi connectivity index (χ1n) is 6.01. The fourth-order valence-corrected chi connectivity index (χ4v) is 2.35. The molecule has 1 aromatic rings. The summed E-state index contributed by atoms with van der Waals surface area (Å²) in [6, 6.07) is 4.81. The Balaban J connectivity index is 1.85. The molecule has 1 aliphatic rings. The van der Waals surface area contributed by atoms with Gasteiger partial charge in [0.25, 0.3) is 5.91 Å². The quantitative estimate of drug-likeness (QED) is 0.897. The van der Waals surface area contributed by atoms with Gasteiger partial charge in [-0.2, -0.15) is 0 Å². The number of hydrogen-bond acceptors (Lipinski definition) is 3. The summed E-state index contributed by atoms with van der Waals surface area (Å²) in [5.74, 6) is 0.300. The van der Waals surface area contributed by atoms with Crippen LogP contribution in [-0.4, -0.2) is 30.8 Å². The summed E-state index contributed by atoms with van der Waals surface area (Å²) in [7, 11) is 0. The number of rotatable bonds is 4. The monoisotopic (exact) mass is 313 g/mol. The van der Waals surface area contributed by atoms with E-state index in [1.165, 1.54) is 6.07 Å². The average molecular weight is 314 g/mol. The van der Waals surface area contributed by atoms with Crippen molar-refractivity contribution >= 4 is 21.8 Å². The molecule has 1 fully saturated rings. The zero-order valence-electron chi connectivity index (χ0n) is 9.99. The number of ether oxygens (including phenoxy) is 1. The number of amides is 1. The van der Waals surface area contributed by atoms with Crippen LogP contribution in [0.15, 0.2) is 22.7 Å². The average Bonchev–Trinajstić information content (AvgIpc) is 2.85. The first kappa shape index (κ1) is 13.4. The van der Waals surface area contributed by atoms with E-state index in [0.717, 1.165) is 30.5 Å². The number of benzene rings is 1. The Labute approximate surface area is 114 Å². The van der Waals surface area contributed by atoms with Gasteiger partial charge in [0.15, 0.2) is 0 Å². The van der Waals surface area contributed by atoms with Gasteiger partial charge in [0.2, 0.25) is 0 Å². The molecule has 0 radical (unpaired) electrons. The summed E-state index contributed by atoms with van der Waals surface area (Å²) < 4.78 is 6.05. The van der Waals surface area contributed by atoms with Crippen molar-refractivity contribution in [1.29, 1.82) is 0 Å². The third-order valence-electron chi connectivity index (χ3n) is 3.07. The van der Waals surface area contributed by atoms with Crippen LogP contribution >= 0.6 is 15.9 Å². The summed E-state index contributed by atoms with van der Waals surface area (Å²) in [6.45, 7) is 2.22. The topological polar surface area (TPSA) is 58.6 Å². The summed E-state index contributed by atoms with van der Waals surface area (Å²) in [5, 5.41) is 12.4. The molecule has 0 saturated carbocycles. The van der Waals surface area contributed by atoms with E-state index < -0.39 is 0 Å². The second-order valence-electron chi connectivity index (χ2n) is 4.44. The van der Waals surface area contributed by atoms with E-state index in [-0.39, 0.29) is 11.7 Å². The molecule has 2 N–H and O–H groups in total. The summed E-state index contributed by atoms with van der Waals surface area (Å²) >= 11 is 3.28. The van der Waals surface area contributed by atoms with Crippen LogP contribution in [0.4, 0.5) is 0 Å². The zero-order chi connectivity index (χ0) is 13.0. The predicted molar refractivity (Wildman–Crippen MR) is 71.7 cm³/mol. The molecule has 0 spiro atoms. The molecule has 0 bridgehead atoms. The molecule has 0 aliphatic carbocycles. The van der Waals surface area contributed by atoms with Gasteiger partial charge in [-0.05, 0) is 37.0 Å². The molecule has 18 heavy (non-hydrogen) atoms. The third-order valence-corrected chi connectivity index (χ3v) is 3.56. The van der Waals surface area contributed by atoms with E-state index in [9.17, 15) is 9.90 Å². The van der Waals surface area contributed by atoms with Crippen LogP contribution in [0.1, 0.15) is 23.2 Å². The van der Waals surface area contributed by atoms with E-state index in [2.05, 4.69) is 21.2 Å². The smallest absolute Gasteiger partial charge is 0.255 e. The normalized spacial score (nSPS) is 18.8. The maximum Gasteiger partial charge on any atom is 0.255 e. The van der Waals surface area contributed by atoms with Gasteiger partial charge in [0.1, 0.15) is 5.75 Å². The Kier molecular flexibility index (Phi) is 4.60. The first-order valence-corrected chi connectivity index (χ1v) is 6.80. The number of carbonyl (C=O) groups excluding carboxylic acids is 1. The molecule has 1 aromatic carbocycles. The van der Waals surface area contributed by atoms with Crippen molar-refractivity contribution in [2.75, 3.05) is 19.8 Å². The van der Waals surface area contributed by atoms with Gasteiger partial charge >= 0.3 is 0 Å². The molecule has 4 nitrogen and oxygen atoms in total. The van der Waals surface area contributed by atoms with Crippen LogP contribution in [0, 0.1) is 5.92 Å². The second-order valence-corrected chi connectivity index (χ2v) is 5.35. The number of hydrogen-bond donors (Lipinski definition) is 2. The minimum Gasteiger partial charge on any atom is -0.507 e. The largest absolute Gasteiger partial charge is 0.507 e. The Morgan fingerprint density at radius 3 is 3.11 bits per heavy atom. The van der Waals surface area contributed by atoms with Gasteiger partial charge in [-0.15, -0.1) is 0 Å². The molecule has 1 saturated heterocycles. The number of phenols is 1. The van der Waals surface area contributed by atoms with Crippen LogP contribution in [0.2, 0.25) is 0 Å². The molecule has 5 heteroatoms. The maximum atomic E-state index is 11.9. The van der Waals surface area contributed by atoms with Gasteiger partial charge in [-0.25, -0.2) is 0 Å². The van der Waals surface area contributed by atoms with Gasteiger partial charge in [-0.3, -0.25) is 4.79 Å². The highest BCUT2D eigenvalue weighted by Gasteiger charge is 2.16. The van der Waals surface area contributed by atoms with Crippen molar-refractivity contribution in [2.24, 2.45) is 5.92 Å². The second kappa shape index (κ2) is 6.20. The summed E-state index contributed by atoms with van der Waals surface area (Å²) in [6.07, 6.45) is 1.98. The highest BCUT2D eigenvalue weighted by Crippen LogP contribution is 2.21. The maximum absolute atomic E-state index is 11.9. The fourth-order valence-electron chi connectivity index (χ4n) is 1.99. The fraction of sp³-hybridized carbons (Fsp3) is 0.462. The molecule has 98 valence electrons. The number of carbonyl (C=O) groups is 1. The molecular weight excluding hydrogens is 298 g/mol. The minimum absolute atomic E-state index is 0.0000929. The highest BCUT2D eigenvalue weighted by atomic mass is 79.9. The molecule has 1 unspecified atom stereocenters. The third kappa shape index (κ3) is 3.46. The van der Waals surface area contributed by atoms with Crippen LogP contribution in [-0.2, 0) is 4.74 Å². The van der Waals surface area contributed by atoms with Crippen molar-refractivity contribution < 1.29 is 14.6 Å². The Morgan fingerprint density at radius 1 is 1.56 bits per heavy atom. The number of phenolic OH excluding ortho intramolecular Hbond substituents is 1. The van der Waals surface area contributed by atoms with Crippen molar-refractivity contribution in [3.8, 4) is 5.75 Å². The van der Waals surface area contributed by atoms with Crippen LogP contribution < -0.4 is 5.32 Å². The molecule has 2 rings (SSSR count).